The molecule has 21 heavy (non-hydrogen) atoms. The van der Waals surface area contributed by atoms with Crippen LogP contribution in [0.5, 0.6) is 5.75 Å². The van der Waals surface area contributed by atoms with Crippen LogP contribution in [-0.4, -0.2) is 25.7 Å². The lowest BCUT2D eigenvalue weighted by molar-refractivity contribution is -0.387. The van der Waals surface area contributed by atoms with E-state index in [4.69, 9.17) is 15.4 Å². The summed E-state index contributed by atoms with van der Waals surface area (Å²) in [7, 11) is 1.56. The van der Waals surface area contributed by atoms with Crippen molar-refractivity contribution in [2.45, 2.75) is 19.8 Å². The Balaban J connectivity index is 2.72. The van der Waals surface area contributed by atoms with Crippen molar-refractivity contribution in [3.63, 3.8) is 0 Å². The first-order valence-electron chi connectivity index (χ1n) is 6.22. The molecule has 0 aliphatic carbocycles. The summed E-state index contributed by atoms with van der Waals surface area (Å²) in [5, 5.41) is 10.5. The van der Waals surface area contributed by atoms with Crippen LogP contribution in [0.4, 0.5) is 10.1 Å². The fourth-order valence-electron chi connectivity index (χ4n) is 1.84. The average molecular weight is 340 g/mol. The predicted molar refractivity (Wildman–Crippen MR) is 76.6 cm³/mol. The van der Waals surface area contributed by atoms with Crippen LogP contribution >= 0.6 is 10.7 Å². The molecule has 0 heterocycles. The Kier molecular flexibility index (Phi) is 6.35. The van der Waals surface area contributed by atoms with E-state index in [1.54, 1.807) is 0 Å². The van der Waals surface area contributed by atoms with Crippen LogP contribution in [0.15, 0.2) is 18.2 Å². The Labute approximate surface area is 126 Å². The predicted octanol–water partition coefficient (Wildman–Crippen LogP) is 3.10. The highest BCUT2D eigenvalue weighted by molar-refractivity contribution is 8.13. The molecule has 0 radical (unpaired) electrons. The van der Waals surface area contributed by atoms with Gasteiger partial charge in [-0.2, -0.15) is 4.39 Å². The highest BCUT2D eigenvalue weighted by Gasteiger charge is 2.18. The lowest BCUT2D eigenvalue weighted by atomic mass is 10.1. The van der Waals surface area contributed by atoms with E-state index >= 15 is 0 Å². The maximum absolute atomic E-state index is 13.4. The summed E-state index contributed by atoms with van der Waals surface area (Å²) in [4.78, 5) is 9.65. The second-order valence-corrected chi connectivity index (χ2v) is 7.36. The van der Waals surface area contributed by atoms with E-state index < -0.39 is 25.5 Å². The number of hydrogen-bond donors (Lipinski definition) is 0. The molecule has 0 spiro atoms. The van der Waals surface area contributed by atoms with E-state index in [-0.39, 0.29) is 24.0 Å². The van der Waals surface area contributed by atoms with E-state index in [0.717, 1.165) is 18.6 Å². The normalized spacial score (nSPS) is 12.9. The van der Waals surface area contributed by atoms with Crippen LogP contribution in [0.2, 0.25) is 0 Å². The summed E-state index contributed by atoms with van der Waals surface area (Å²) in [5.74, 6) is -1.46. The molecular weight excluding hydrogens is 325 g/mol. The van der Waals surface area contributed by atoms with Crippen LogP contribution < -0.4 is 4.74 Å². The minimum Gasteiger partial charge on any atom is -0.493 e. The van der Waals surface area contributed by atoms with Crippen LogP contribution in [0.25, 0.3) is 0 Å². The quantitative estimate of drug-likeness (QED) is 0.412. The smallest absolute Gasteiger partial charge is 0.305 e. The summed E-state index contributed by atoms with van der Waals surface area (Å²) in [6.45, 7) is 1.93. The molecular formula is C12H15ClFNO5S. The van der Waals surface area contributed by atoms with E-state index in [9.17, 15) is 22.9 Å². The minimum absolute atomic E-state index is 0.0387. The Hall–Kier alpha value is -1.41. The Morgan fingerprint density at radius 3 is 2.62 bits per heavy atom. The van der Waals surface area contributed by atoms with Crippen molar-refractivity contribution in [1.29, 1.82) is 0 Å². The molecule has 0 aliphatic rings. The fraction of sp³-hybridized carbons (Fsp3) is 0.500. The SMILES string of the molecule is CCCC(COc1ccc([N+](=O)[O-])c(F)c1)CS(=O)(=O)Cl. The van der Waals surface area contributed by atoms with Crippen molar-refractivity contribution in [3.8, 4) is 5.75 Å². The van der Waals surface area contributed by atoms with Gasteiger partial charge in [-0.1, -0.05) is 13.3 Å². The van der Waals surface area contributed by atoms with Crippen LogP contribution in [-0.2, 0) is 9.05 Å². The van der Waals surface area contributed by atoms with Crippen molar-refractivity contribution in [2.75, 3.05) is 12.4 Å². The van der Waals surface area contributed by atoms with E-state index in [0.29, 0.717) is 6.42 Å². The molecule has 6 nitrogen and oxygen atoms in total. The van der Waals surface area contributed by atoms with Crippen molar-refractivity contribution in [1.82, 2.24) is 0 Å². The van der Waals surface area contributed by atoms with Gasteiger partial charge in [0, 0.05) is 28.7 Å². The molecule has 0 amide bonds. The van der Waals surface area contributed by atoms with Gasteiger partial charge < -0.3 is 4.74 Å². The number of hydrogen-bond acceptors (Lipinski definition) is 5. The molecule has 0 aliphatic heterocycles. The van der Waals surface area contributed by atoms with Crippen molar-refractivity contribution >= 4 is 25.4 Å². The number of nitro benzene ring substituents is 1. The highest BCUT2D eigenvalue weighted by Crippen LogP contribution is 2.23. The third-order valence-electron chi connectivity index (χ3n) is 2.73. The second kappa shape index (κ2) is 7.56. The zero-order chi connectivity index (χ0) is 16.0. The van der Waals surface area contributed by atoms with Crippen LogP contribution in [0, 0.1) is 21.8 Å². The van der Waals surface area contributed by atoms with Crippen molar-refractivity contribution in [3.05, 3.63) is 34.1 Å². The molecule has 0 N–H and O–H groups in total. The zero-order valence-corrected chi connectivity index (χ0v) is 12.9. The summed E-state index contributed by atoms with van der Waals surface area (Å²) >= 11 is 0. The van der Waals surface area contributed by atoms with Gasteiger partial charge in [0.2, 0.25) is 14.9 Å². The number of nitro groups is 1. The molecule has 1 aromatic rings. The summed E-state index contributed by atoms with van der Waals surface area (Å²) < 4.78 is 40.9. The Morgan fingerprint density at radius 2 is 2.14 bits per heavy atom. The second-order valence-electron chi connectivity index (χ2n) is 4.54. The fourth-order valence-corrected chi connectivity index (χ4v) is 3.20. The van der Waals surface area contributed by atoms with Gasteiger partial charge in [-0.05, 0) is 12.5 Å². The third kappa shape index (κ3) is 6.26. The van der Waals surface area contributed by atoms with Gasteiger partial charge in [0.05, 0.1) is 17.3 Å². The molecule has 9 heteroatoms. The summed E-state index contributed by atoms with van der Waals surface area (Å²) in [6.07, 6.45) is 1.33. The number of halogens is 2. The number of rotatable bonds is 8. The zero-order valence-electron chi connectivity index (χ0n) is 11.3. The molecule has 118 valence electrons. The molecule has 0 saturated carbocycles. The monoisotopic (exact) mass is 339 g/mol. The van der Waals surface area contributed by atoms with Crippen LogP contribution in [0.3, 0.4) is 0 Å². The topological polar surface area (TPSA) is 86.5 Å². The molecule has 0 saturated heterocycles. The first-order valence-corrected chi connectivity index (χ1v) is 8.70. The van der Waals surface area contributed by atoms with E-state index in [1.165, 1.54) is 6.07 Å². The summed E-state index contributed by atoms with van der Waals surface area (Å²) in [5.41, 5.74) is -0.643. The maximum atomic E-state index is 13.4. The largest absolute Gasteiger partial charge is 0.493 e. The third-order valence-corrected chi connectivity index (χ3v) is 3.98. The molecule has 1 rings (SSSR count). The molecule has 1 atom stereocenters. The maximum Gasteiger partial charge on any atom is 0.305 e. The lowest BCUT2D eigenvalue weighted by Crippen LogP contribution is -2.19. The first kappa shape index (κ1) is 17.6. The lowest BCUT2D eigenvalue weighted by Gasteiger charge is -2.15. The number of nitrogens with zero attached hydrogens (tertiary/aromatic N) is 1. The minimum atomic E-state index is -3.65. The van der Waals surface area contributed by atoms with Gasteiger partial charge in [-0.25, -0.2) is 8.42 Å². The molecule has 1 unspecified atom stereocenters. The molecule has 0 aromatic heterocycles. The number of benzene rings is 1. The van der Waals surface area contributed by atoms with Crippen molar-refractivity contribution < 1.29 is 22.5 Å². The van der Waals surface area contributed by atoms with Gasteiger partial charge in [-0.15, -0.1) is 0 Å². The van der Waals surface area contributed by atoms with Gasteiger partial charge in [0.15, 0.2) is 0 Å². The summed E-state index contributed by atoms with van der Waals surface area (Å²) in [6, 6.07) is 3.16. The van der Waals surface area contributed by atoms with E-state index in [2.05, 4.69) is 0 Å². The first-order chi connectivity index (χ1) is 9.73. The van der Waals surface area contributed by atoms with Crippen molar-refractivity contribution in [2.24, 2.45) is 5.92 Å². The van der Waals surface area contributed by atoms with Gasteiger partial charge in [-0.3, -0.25) is 10.1 Å². The molecule has 0 fully saturated rings. The average Bonchev–Trinajstić information content (AvgIpc) is 2.34. The van der Waals surface area contributed by atoms with Gasteiger partial charge in [0.1, 0.15) is 5.75 Å². The Bertz CT molecular complexity index is 608. The van der Waals surface area contributed by atoms with E-state index in [1.807, 2.05) is 6.92 Å². The molecule has 0 bridgehead atoms. The Morgan fingerprint density at radius 1 is 1.48 bits per heavy atom. The van der Waals surface area contributed by atoms with Crippen LogP contribution in [0.1, 0.15) is 19.8 Å². The number of ether oxygens (including phenoxy) is 1. The van der Waals surface area contributed by atoms with Gasteiger partial charge in [0.25, 0.3) is 0 Å². The highest BCUT2D eigenvalue weighted by atomic mass is 35.7. The van der Waals surface area contributed by atoms with Gasteiger partial charge >= 0.3 is 5.69 Å². The standard InChI is InChI=1S/C12H15ClFNO5S/c1-2-3-9(8-21(13,18)19)7-20-10-4-5-12(15(16)17)11(14)6-10/h4-6,9H,2-3,7-8H2,1H3. The molecule has 1 aromatic carbocycles.